The number of ether oxygens (including phenoxy) is 3. The summed E-state index contributed by atoms with van der Waals surface area (Å²) >= 11 is 0. The van der Waals surface area contributed by atoms with Gasteiger partial charge in [-0.1, -0.05) is 0 Å². The maximum atomic E-state index is 15.3. The Balaban J connectivity index is 1.46. The fourth-order valence-electron chi connectivity index (χ4n) is 4.28. The first-order chi connectivity index (χ1) is 16.5. The number of aromatic nitrogens is 2. The van der Waals surface area contributed by atoms with E-state index in [-0.39, 0.29) is 17.8 Å². The number of amides is 2. The number of anilines is 3. The summed E-state index contributed by atoms with van der Waals surface area (Å²) in [7, 11) is 1.57. The minimum atomic E-state index is -0.554. The lowest BCUT2D eigenvalue weighted by Gasteiger charge is -2.22. The molecule has 1 aromatic carbocycles. The summed E-state index contributed by atoms with van der Waals surface area (Å²) in [6, 6.07) is 2.62. The Bertz CT molecular complexity index is 1270. The molecule has 2 aliphatic heterocycles. The number of methoxy groups -OCH3 is 1. The highest BCUT2D eigenvalue weighted by Crippen LogP contribution is 2.39. The molecule has 1 saturated heterocycles. The number of carbonyl (C=O) groups is 1. The fourth-order valence-corrected chi connectivity index (χ4v) is 4.28. The van der Waals surface area contributed by atoms with Crippen LogP contribution >= 0.6 is 0 Å². The van der Waals surface area contributed by atoms with Gasteiger partial charge in [-0.05, 0) is 30.0 Å². The van der Waals surface area contributed by atoms with Crippen molar-refractivity contribution in [3.8, 4) is 17.0 Å². The summed E-state index contributed by atoms with van der Waals surface area (Å²) in [6.45, 7) is 3.82. The molecule has 0 bridgehead atoms. The van der Waals surface area contributed by atoms with Crippen molar-refractivity contribution in [1.82, 2.24) is 15.3 Å². The second-order valence-corrected chi connectivity index (χ2v) is 8.21. The highest BCUT2D eigenvalue weighted by atomic mass is 19.1. The average Bonchev–Trinajstić information content (AvgIpc) is 3.29. The molecule has 34 heavy (non-hydrogen) atoms. The fraction of sp³-hybridized carbons (Fsp3) is 0.348. The van der Waals surface area contributed by atoms with E-state index in [0.717, 1.165) is 11.3 Å². The zero-order valence-electron chi connectivity index (χ0n) is 18.8. The lowest BCUT2D eigenvalue weighted by Crippen LogP contribution is -2.45. The Kier molecular flexibility index (Phi) is 5.80. The van der Waals surface area contributed by atoms with E-state index in [0.29, 0.717) is 60.0 Å². The molecule has 0 aliphatic carbocycles. The van der Waals surface area contributed by atoms with Gasteiger partial charge in [0.25, 0.3) is 0 Å². The van der Waals surface area contributed by atoms with Crippen LogP contribution in [0.25, 0.3) is 21.9 Å². The van der Waals surface area contributed by atoms with Gasteiger partial charge in [-0.2, -0.15) is 0 Å². The van der Waals surface area contributed by atoms with E-state index in [9.17, 15) is 4.79 Å². The molecule has 1 fully saturated rings. The first kappa shape index (κ1) is 22.1. The molecule has 11 heteroatoms. The van der Waals surface area contributed by atoms with E-state index in [1.165, 1.54) is 6.20 Å². The van der Waals surface area contributed by atoms with E-state index < -0.39 is 11.8 Å². The van der Waals surface area contributed by atoms with E-state index in [1.54, 1.807) is 25.4 Å². The number of fused-ring (bicyclic) bond motifs is 2. The number of pyridine rings is 2. The van der Waals surface area contributed by atoms with Gasteiger partial charge < -0.3 is 30.6 Å². The van der Waals surface area contributed by atoms with E-state index in [1.807, 2.05) is 6.92 Å². The van der Waals surface area contributed by atoms with Crippen LogP contribution in [0.15, 0.2) is 24.5 Å². The first-order valence-corrected chi connectivity index (χ1v) is 10.9. The third-order valence-electron chi connectivity index (χ3n) is 6.12. The molecule has 178 valence electrons. The molecule has 5 rings (SSSR count). The molecule has 10 nitrogen and oxygen atoms in total. The number of nitrogens with one attached hydrogen (secondary N) is 3. The number of rotatable bonds is 4. The van der Waals surface area contributed by atoms with Gasteiger partial charge in [-0.15, -0.1) is 0 Å². The van der Waals surface area contributed by atoms with Crippen molar-refractivity contribution in [2.75, 3.05) is 49.8 Å². The molecule has 2 aliphatic rings. The maximum absolute atomic E-state index is 15.3. The number of halogens is 1. The normalized spacial score (nSPS) is 19.3. The van der Waals surface area contributed by atoms with Crippen molar-refractivity contribution in [1.29, 1.82) is 0 Å². The second kappa shape index (κ2) is 8.92. The highest BCUT2D eigenvalue weighted by molar-refractivity contribution is 6.00. The molecule has 5 N–H and O–H groups in total. The Morgan fingerprint density at radius 1 is 1.26 bits per heavy atom. The van der Waals surface area contributed by atoms with Crippen LogP contribution < -0.4 is 26.4 Å². The predicted molar refractivity (Wildman–Crippen MR) is 126 cm³/mol. The number of carbonyl (C=O) groups excluding carboxylic acids is 1. The molecule has 0 spiro atoms. The largest absolute Gasteiger partial charge is 0.474 e. The van der Waals surface area contributed by atoms with Crippen LogP contribution in [-0.2, 0) is 9.47 Å². The van der Waals surface area contributed by atoms with Crippen LogP contribution in [-0.4, -0.2) is 61.6 Å². The van der Waals surface area contributed by atoms with Crippen LogP contribution in [0.5, 0.6) is 5.88 Å². The zero-order valence-corrected chi connectivity index (χ0v) is 18.8. The van der Waals surface area contributed by atoms with E-state index in [4.69, 9.17) is 19.9 Å². The van der Waals surface area contributed by atoms with Gasteiger partial charge in [0.15, 0.2) is 5.82 Å². The molecule has 0 radical (unpaired) electrons. The third-order valence-corrected chi connectivity index (χ3v) is 6.12. The molecule has 2 aromatic heterocycles. The van der Waals surface area contributed by atoms with Gasteiger partial charge in [0.1, 0.15) is 24.2 Å². The lowest BCUT2D eigenvalue weighted by atomic mass is 9.97. The first-order valence-electron chi connectivity index (χ1n) is 10.9. The topological polar surface area (TPSA) is 133 Å². The SMILES string of the molecule is CO[C@@H]1COC[C@H]1NC(=O)Nc1cc2cc(-c3cnc4c(c3C)NCCO4)c(F)c(N)c2cn1. The lowest BCUT2D eigenvalue weighted by molar-refractivity contribution is 0.0748. The Morgan fingerprint density at radius 3 is 2.94 bits per heavy atom. The van der Waals surface area contributed by atoms with Crippen LogP contribution in [0.3, 0.4) is 0 Å². The summed E-state index contributed by atoms with van der Waals surface area (Å²) in [6.07, 6.45) is 2.81. The number of benzene rings is 1. The van der Waals surface area contributed by atoms with Gasteiger partial charge in [-0.3, -0.25) is 5.32 Å². The van der Waals surface area contributed by atoms with Gasteiger partial charge >= 0.3 is 6.03 Å². The Labute approximate surface area is 195 Å². The minimum absolute atomic E-state index is 0.0247. The number of urea groups is 1. The zero-order chi connectivity index (χ0) is 23.8. The number of nitrogens with two attached hydrogens (primary N) is 1. The number of nitrogen functional groups attached to an aromatic ring is 1. The molecule has 0 saturated carbocycles. The van der Waals surface area contributed by atoms with Crippen molar-refractivity contribution in [3.63, 3.8) is 0 Å². The summed E-state index contributed by atoms with van der Waals surface area (Å²) in [5.41, 5.74) is 8.55. The Morgan fingerprint density at radius 2 is 2.12 bits per heavy atom. The highest BCUT2D eigenvalue weighted by Gasteiger charge is 2.29. The monoisotopic (exact) mass is 468 g/mol. The van der Waals surface area contributed by atoms with Crippen LogP contribution in [0, 0.1) is 12.7 Å². The summed E-state index contributed by atoms with van der Waals surface area (Å²) in [5.74, 6) is 0.234. The van der Waals surface area contributed by atoms with Gasteiger partial charge in [0.05, 0.1) is 24.9 Å². The van der Waals surface area contributed by atoms with Crippen LogP contribution in [0.4, 0.5) is 26.4 Å². The summed E-state index contributed by atoms with van der Waals surface area (Å²) in [5, 5.41) is 9.85. The molecule has 4 heterocycles. The quantitative estimate of drug-likeness (QED) is 0.430. The van der Waals surface area contributed by atoms with Crippen molar-refractivity contribution in [2.24, 2.45) is 0 Å². The number of hydrogen-bond acceptors (Lipinski definition) is 8. The van der Waals surface area contributed by atoms with Crippen molar-refractivity contribution in [3.05, 3.63) is 35.9 Å². The van der Waals surface area contributed by atoms with Gasteiger partial charge in [0.2, 0.25) is 5.88 Å². The van der Waals surface area contributed by atoms with Gasteiger partial charge in [0, 0.05) is 42.6 Å². The molecule has 0 unspecified atom stereocenters. The van der Waals surface area contributed by atoms with Crippen LogP contribution in [0.1, 0.15) is 5.56 Å². The van der Waals surface area contributed by atoms with Crippen molar-refractivity contribution >= 4 is 34.0 Å². The van der Waals surface area contributed by atoms with Crippen molar-refractivity contribution in [2.45, 2.75) is 19.1 Å². The molecule has 2 amide bonds. The van der Waals surface area contributed by atoms with Crippen molar-refractivity contribution < 1.29 is 23.4 Å². The number of nitrogens with zero attached hydrogens (tertiary/aromatic N) is 2. The van der Waals surface area contributed by atoms with Gasteiger partial charge in [-0.25, -0.2) is 19.2 Å². The molecule has 3 aromatic rings. The molecule has 2 atom stereocenters. The second-order valence-electron chi connectivity index (χ2n) is 8.21. The Hall–Kier alpha value is -3.70. The standard InChI is InChI=1S/C23H25FN6O4/c1-11-14(7-28-22-21(11)26-3-4-34-22)13-5-12-6-18(27-8-15(12)20(25)19(13)24)30-23(31)29-16-9-33-10-17(16)32-2/h5-8,16-17,26H,3-4,9-10,25H2,1-2H3,(H2,27,29,30,31)/t16-,17-/m1/s1. The van der Waals surface area contributed by atoms with E-state index in [2.05, 4.69) is 25.9 Å². The predicted octanol–water partition coefficient (Wildman–Crippen LogP) is 2.67. The minimum Gasteiger partial charge on any atom is -0.474 e. The summed E-state index contributed by atoms with van der Waals surface area (Å²) in [4.78, 5) is 21.0. The van der Waals surface area contributed by atoms with E-state index >= 15 is 4.39 Å². The van der Waals surface area contributed by atoms with Crippen LogP contribution in [0.2, 0.25) is 0 Å². The maximum Gasteiger partial charge on any atom is 0.320 e. The third kappa shape index (κ3) is 3.93. The number of hydrogen-bond donors (Lipinski definition) is 4. The summed E-state index contributed by atoms with van der Waals surface area (Å²) < 4.78 is 31.5. The average molecular weight is 468 g/mol. The smallest absolute Gasteiger partial charge is 0.320 e. The molecular formula is C23H25FN6O4. The molecular weight excluding hydrogens is 443 g/mol.